The first kappa shape index (κ1) is 13.6. The molecule has 1 heterocycles. The number of aromatic nitrogens is 1. The fourth-order valence-electron chi connectivity index (χ4n) is 2.54. The molecule has 4 nitrogen and oxygen atoms in total. The minimum absolute atomic E-state index is 0.137. The second-order valence-electron chi connectivity index (χ2n) is 4.64. The van der Waals surface area contributed by atoms with Gasteiger partial charge in [-0.25, -0.2) is 0 Å². The molecule has 0 atom stereocenters. The van der Waals surface area contributed by atoms with Gasteiger partial charge in [0.15, 0.2) is 0 Å². The Kier molecular flexibility index (Phi) is 3.39. The van der Waals surface area contributed by atoms with Crippen molar-refractivity contribution in [3.63, 3.8) is 0 Å². The van der Waals surface area contributed by atoms with E-state index in [4.69, 9.17) is 16.3 Å². The Morgan fingerprint density at radius 2 is 1.86 bits per heavy atom. The van der Waals surface area contributed by atoms with Gasteiger partial charge < -0.3 is 4.74 Å². The zero-order valence-corrected chi connectivity index (χ0v) is 12.1. The first-order chi connectivity index (χ1) is 10.2. The lowest BCUT2D eigenvalue weighted by Gasteiger charge is -2.04. The Morgan fingerprint density at radius 3 is 2.48 bits per heavy atom. The maximum absolute atomic E-state index is 12.2. The van der Waals surface area contributed by atoms with Gasteiger partial charge in [-0.1, -0.05) is 12.1 Å². The van der Waals surface area contributed by atoms with Gasteiger partial charge in [0.2, 0.25) is 5.91 Å². The third-order valence-corrected chi connectivity index (χ3v) is 3.73. The van der Waals surface area contributed by atoms with E-state index in [2.05, 4.69) is 0 Å². The van der Waals surface area contributed by atoms with E-state index in [0.29, 0.717) is 16.8 Å². The number of rotatable bonds is 3. The van der Waals surface area contributed by atoms with Crippen LogP contribution in [0.2, 0.25) is 0 Å². The number of ether oxygens (including phenoxy) is 1. The fraction of sp³-hybridized carbons (Fsp3) is 0.125. The molecule has 0 unspecified atom stereocenters. The summed E-state index contributed by atoms with van der Waals surface area (Å²) >= 11 is 5.72. The van der Waals surface area contributed by atoms with Gasteiger partial charge in [0.05, 0.1) is 18.1 Å². The van der Waals surface area contributed by atoms with E-state index < -0.39 is 0 Å². The van der Waals surface area contributed by atoms with Crippen molar-refractivity contribution in [2.45, 2.75) is 0 Å². The molecular weight excluding hydrogens is 290 g/mol. The van der Waals surface area contributed by atoms with Crippen molar-refractivity contribution in [2.75, 3.05) is 13.0 Å². The highest BCUT2D eigenvalue weighted by atomic mass is 35.5. The Hall–Kier alpha value is -2.33. The molecule has 0 aliphatic rings. The van der Waals surface area contributed by atoms with E-state index in [1.807, 2.05) is 18.2 Å². The minimum atomic E-state index is -0.243. The molecule has 0 fully saturated rings. The van der Waals surface area contributed by atoms with Crippen molar-refractivity contribution in [1.82, 2.24) is 4.57 Å². The second-order valence-corrected chi connectivity index (χ2v) is 4.91. The number of carbonyl (C=O) groups excluding carboxylic acids is 2. The van der Waals surface area contributed by atoms with E-state index in [-0.39, 0.29) is 11.8 Å². The molecule has 0 spiro atoms. The smallest absolute Gasteiger partial charge is 0.246 e. The maximum atomic E-state index is 12.2. The number of methoxy groups -OCH3 is 1. The first-order valence-electron chi connectivity index (χ1n) is 6.36. The zero-order chi connectivity index (χ0) is 15.0. The quantitative estimate of drug-likeness (QED) is 0.549. The van der Waals surface area contributed by atoms with Crippen molar-refractivity contribution in [1.29, 1.82) is 0 Å². The monoisotopic (exact) mass is 301 g/mol. The van der Waals surface area contributed by atoms with Gasteiger partial charge in [-0.05, 0) is 18.2 Å². The lowest BCUT2D eigenvalue weighted by Crippen LogP contribution is -2.11. The zero-order valence-electron chi connectivity index (χ0n) is 11.3. The van der Waals surface area contributed by atoms with Crippen molar-refractivity contribution in [3.8, 4) is 5.75 Å². The molecular formula is C16H12ClNO3. The van der Waals surface area contributed by atoms with Crippen LogP contribution in [0.25, 0.3) is 21.8 Å². The minimum Gasteiger partial charge on any atom is -0.497 e. The van der Waals surface area contributed by atoms with Crippen LogP contribution in [0.5, 0.6) is 5.75 Å². The molecule has 1 aromatic heterocycles. The molecule has 0 saturated carbocycles. The van der Waals surface area contributed by atoms with E-state index in [9.17, 15) is 9.59 Å². The molecule has 0 N–H and O–H groups in total. The van der Waals surface area contributed by atoms with Gasteiger partial charge in [-0.3, -0.25) is 14.2 Å². The summed E-state index contributed by atoms with van der Waals surface area (Å²) in [6.45, 7) is 0. The summed E-state index contributed by atoms with van der Waals surface area (Å²) in [5, 5.41) is 1.82. The number of alkyl halides is 1. The van der Waals surface area contributed by atoms with Crippen LogP contribution in [0.4, 0.5) is 0 Å². The Bertz CT molecular complexity index is 867. The summed E-state index contributed by atoms with van der Waals surface area (Å²) in [4.78, 5) is 23.2. The summed E-state index contributed by atoms with van der Waals surface area (Å²) in [7, 11) is 1.57. The van der Waals surface area contributed by atoms with Gasteiger partial charge >= 0.3 is 0 Å². The standard InChI is InChI=1S/C16H12ClNO3/c1-21-11-3-5-13-12-4-2-10(9-19)6-14(12)18(15(13)7-11)16(20)8-17/h2-7,9H,8H2,1H3. The number of nitrogens with zero attached hydrogens (tertiary/aromatic N) is 1. The van der Waals surface area contributed by atoms with Crippen molar-refractivity contribution < 1.29 is 14.3 Å². The highest BCUT2D eigenvalue weighted by Crippen LogP contribution is 2.32. The molecule has 0 bridgehead atoms. The number of aldehydes is 1. The molecule has 3 rings (SSSR count). The number of fused-ring (bicyclic) bond motifs is 3. The highest BCUT2D eigenvalue weighted by molar-refractivity contribution is 6.29. The molecule has 106 valence electrons. The van der Waals surface area contributed by atoms with Gasteiger partial charge in [-0.15, -0.1) is 11.6 Å². The van der Waals surface area contributed by atoms with Crippen LogP contribution >= 0.6 is 11.6 Å². The van der Waals surface area contributed by atoms with Crippen molar-refractivity contribution in [3.05, 3.63) is 42.0 Å². The number of hydrogen-bond acceptors (Lipinski definition) is 3. The highest BCUT2D eigenvalue weighted by Gasteiger charge is 2.16. The van der Waals surface area contributed by atoms with E-state index in [1.54, 1.807) is 25.3 Å². The van der Waals surface area contributed by atoms with E-state index in [0.717, 1.165) is 22.6 Å². The van der Waals surface area contributed by atoms with Gasteiger partial charge in [0.25, 0.3) is 0 Å². The average molecular weight is 302 g/mol. The number of carbonyl (C=O) groups is 2. The van der Waals surface area contributed by atoms with Crippen molar-refractivity contribution in [2.24, 2.45) is 0 Å². The third-order valence-electron chi connectivity index (χ3n) is 3.50. The molecule has 0 saturated heterocycles. The van der Waals surface area contributed by atoms with Crippen LogP contribution < -0.4 is 4.74 Å². The maximum Gasteiger partial charge on any atom is 0.246 e. The van der Waals surface area contributed by atoms with Gasteiger partial charge in [-0.2, -0.15) is 0 Å². The van der Waals surface area contributed by atoms with Crippen LogP contribution in [-0.4, -0.2) is 29.8 Å². The topological polar surface area (TPSA) is 48.3 Å². The van der Waals surface area contributed by atoms with Crippen LogP contribution in [0.15, 0.2) is 36.4 Å². The lowest BCUT2D eigenvalue weighted by atomic mass is 10.1. The third kappa shape index (κ3) is 2.08. The van der Waals surface area contributed by atoms with E-state index >= 15 is 0 Å². The van der Waals surface area contributed by atoms with Crippen LogP contribution in [-0.2, 0) is 0 Å². The summed E-state index contributed by atoms with van der Waals surface area (Å²) in [6, 6.07) is 10.8. The molecule has 2 aromatic carbocycles. The molecule has 0 aliphatic heterocycles. The SMILES string of the molecule is COc1ccc2c3ccc(C=O)cc3n(C(=O)CCl)c2c1. The van der Waals surface area contributed by atoms with Crippen LogP contribution in [0.1, 0.15) is 15.2 Å². The van der Waals surface area contributed by atoms with E-state index in [1.165, 1.54) is 4.57 Å². The predicted octanol–water partition coefficient (Wildman–Crippen LogP) is 3.49. The number of hydrogen-bond donors (Lipinski definition) is 0. The van der Waals surface area contributed by atoms with Gasteiger partial charge in [0.1, 0.15) is 17.9 Å². The van der Waals surface area contributed by atoms with Gasteiger partial charge in [0, 0.05) is 22.4 Å². The summed E-state index contributed by atoms with van der Waals surface area (Å²) in [6.07, 6.45) is 0.757. The molecule has 0 amide bonds. The Morgan fingerprint density at radius 1 is 1.19 bits per heavy atom. The summed E-state index contributed by atoms with van der Waals surface area (Å²) < 4.78 is 6.75. The van der Waals surface area contributed by atoms with Crippen LogP contribution in [0.3, 0.4) is 0 Å². The molecule has 0 radical (unpaired) electrons. The normalized spacial score (nSPS) is 11.0. The van der Waals surface area contributed by atoms with Crippen molar-refractivity contribution >= 4 is 45.6 Å². The second kappa shape index (κ2) is 5.22. The Labute approximate surface area is 125 Å². The molecule has 3 aromatic rings. The largest absolute Gasteiger partial charge is 0.497 e. The molecule has 21 heavy (non-hydrogen) atoms. The number of benzene rings is 2. The average Bonchev–Trinajstić information content (AvgIpc) is 2.86. The first-order valence-corrected chi connectivity index (χ1v) is 6.89. The summed E-state index contributed by atoms with van der Waals surface area (Å²) in [5.41, 5.74) is 1.91. The lowest BCUT2D eigenvalue weighted by molar-refractivity contribution is 0.0949. The van der Waals surface area contributed by atoms with Crippen LogP contribution in [0, 0.1) is 0 Å². The fourth-order valence-corrected chi connectivity index (χ4v) is 2.66. The summed E-state index contributed by atoms with van der Waals surface area (Å²) in [5.74, 6) is 0.277. The predicted molar refractivity (Wildman–Crippen MR) is 82.7 cm³/mol. The molecule has 5 heteroatoms. The Balaban J connectivity index is 2.48. The number of halogens is 1. The molecule has 0 aliphatic carbocycles.